The first kappa shape index (κ1) is 20.3. The monoisotopic (exact) mass is 415 g/mol. The molecule has 3 rings (SSSR count). The summed E-state index contributed by atoms with van der Waals surface area (Å²) in [5.74, 6) is 0.155. The Morgan fingerprint density at radius 2 is 1.97 bits per heavy atom. The molecule has 1 heterocycles. The third-order valence-electron chi connectivity index (χ3n) is 4.48. The first-order valence-electron chi connectivity index (χ1n) is 8.65. The molecule has 9 heteroatoms. The minimum atomic E-state index is -1.03. The Kier molecular flexibility index (Phi) is 5.84. The Labute approximate surface area is 171 Å². The molecule has 0 aliphatic carbocycles. The van der Waals surface area contributed by atoms with Crippen molar-refractivity contribution >= 4 is 23.3 Å². The lowest BCUT2D eigenvalue weighted by atomic mass is 10.1. The van der Waals surface area contributed by atoms with E-state index in [0.29, 0.717) is 23.6 Å². The average molecular weight is 416 g/mol. The summed E-state index contributed by atoms with van der Waals surface area (Å²) < 4.78 is 7.00. The average Bonchev–Trinajstić information content (AvgIpc) is 2.97. The van der Waals surface area contributed by atoms with Crippen LogP contribution in [0.15, 0.2) is 42.5 Å². The number of methoxy groups -OCH3 is 1. The topological polar surface area (TPSA) is 107 Å². The Bertz CT molecular complexity index is 1080. The molecule has 0 saturated carbocycles. The highest BCUT2D eigenvalue weighted by Crippen LogP contribution is 2.29. The molecule has 29 heavy (non-hydrogen) atoms. The molecule has 0 aliphatic heterocycles. The number of aryl methyl sites for hydroxylation is 1. The molecular formula is C20H18ClN3O5. The van der Waals surface area contributed by atoms with Gasteiger partial charge < -0.3 is 14.4 Å². The third-order valence-corrected chi connectivity index (χ3v) is 4.78. The number of aliphatic carboxylic acids is 1. The van der Waals surface area contributed by atoms with Gasteiger partial charge in [-0.25, -0.2) is 4.98 Å². The zero-order valence-electron chi connectivity index (χ0n) is 15.8. The molecule has 8 nitrogen and oxygen atoms in total. The van der Waals surface area contributed by atoms with Gasteiger partial charge in [0.1, 0.15) is 11.6 Å². The van der Waals surface area contributed by atoms with Crippen molar-refractivity contribution in [3.05, 3.63) is 74.6 Å². The number of nitro benzene ring substituents is 1. The number of carbonyl (C=O) groups is 1. The molecule has 1 aromatic heterocycles. The number of benzene rings is 2. The Morgan fingerprint density at radius 3 is 2.52 bits per heavy atom. The zero-order valence-corrected chi connectivity index (χ0v) is 16.5. The largest absolute Gasteiger partial charge is 0.496 e. The van der Waals surface area contributed by atoms with Crippen molar-refractivity contribution in [1.29, 1.82) is 0 Å². The van der Waals surface area contributed by atoms with Crippen LogP contribution in [-0.2, 0) is 17.8 Å². The summed E-state index contributed by atoms with van der Waals surface area (Å²) in [5, 5.41) is 20.3. The maximum absolute atomic E-state index is 11.3. The highest BCUT2D eigenvalue weighted by molar-refractivity contribution is 6.30. The van der Waals surface area contributed by atoms with Gasteiger partial charge in [0.2, 0.25) is 0 Å². The van der Waals surface area contributed by atoms with E-state index >= 15 is 0 Å². The standard InChI is InChI=1S/C20H18ClN3O5/c1-12-9-13(3-8-17(12)29-2)11-23-16(10-18(25)26)19(21)22-20(23)14-4-6-15(7-5-14)24(27)28/h3-9H,10-11H2,1-2H3,(H,25,26). The number of non-ortho nitro benzene ring substituents is 1. The molecule has 0 bridgehead atoms. The van der Waals surface area contributed by atoms with Gasteiger partial charge in [-0.3, -0.25) is 14.9 Å². The second kappa shape index (κ2) is 8.32. The number of halogens is 1. The van der Waals surface area contributed by atoms with Gasteiger partial charge in [-0.2, -0.15) is 0 Å². The van der Waals surface area contributed by atoms with Crippen LogP contribution in [0.25, 0.3) is 11.4 Å². The van der Waals surface area contributed by atoms with Gasteiger partial charge in [-0.15, -0.1) is 0 Å². The van der Waals surface area contributed by atoms with E-state index in [1.165, 1.54) is 12.1 Å². The molecule has 0 atom stereocenters. The van der Waals surface area contributed by atoms with Crippen LogP contribution in [0.1, 0.15) is 16.8 Å². The Morgan fingerprint density at radius 1 is 1.28 bits per heavy atom. The number of aromatic nitrogens is 2. The number of nitrogens with zero attached hydrogens (tertiary/aromatic N) is 3. The molecule has 1 N–H and O–H groups in total. The van der Waals surface area contributed by atoms with Crippen LogP contribution < -0.4 is 4.74 Å². The van der Waals surface area contributed by atoms with E-state index < -0.39 is 10.9 Å². The first-order chi connectivity index (χ1) is 13.8. The van der Waals surface area contributed by atoms with E-state index in [1.54, 1.807) is 23.8 Å². The summed E-state index contributed by atoms with van der Waals surface area (Å²) in [7, 11) is 1.59. The summed E-state index contributed by atoms with van der Waals surface area (Å²) in [5.41, 5.74) is 2.76. The van der Waals surface area contributed by atoms with Crippen LogP contribution in [0.4, 0.5) is 5.69 Å². The molecule has 2 aromatic carbocycles. The van der Waals surface area contributed by atoms with E-state index in [-0.39, 0.29) is 17.3 Å². The lowest BCUT2D eigenvalue weighted by molar-refractivity contribution is -0.384. The van der Waals surface area contributed by atoms with Crippen LogP contribution in [0.2, 0.25) is 5.15 Å². The molecule has 0 fully saturated rings. The van der Waals surface area contributed by atoms with Gasteiger partial charge in [-0.1, -0.05) is 23.7 Å². The van der Waals surface area contributed by atoms with E-state index in [0.717, 1.165) is 16.9 Å². The van der Waals surface area contributed by atoms with Crippen LogP contribution in [0.5, 0.6) is 5.75 Å². The normalized spacial score (nSPS) is 10.7. The first-order valence-corrected chi connectivity index (χ1v) is 9.03. The number of imidazole rings is 1. The van der Waals surface area contributed by atoms with Crippen LogP contribution >= 0.6 is 11.6 Å². The quantitative estimate of drug-likeness (QED) is 0.459. The predicted octanol–water partition coefficient (Wildman–Crippen LogP) is 4.10. The smallest absolute Gasteiger partial charge is 0.309 e. The van der Waals surface area contributed by atoms with Crippen molar-refractivity contribution in [2.75, 3.05) is 7.11 Å². The second-order valence-corrected chi connectivity index (χ2v) is 6.80. The molecule has 0 saturated heterocycles. The summed E-state index contributed by atoms with van der Waals surface area (Å²) in [6.07, 6.45) is -0.298. The SMILES string of the molecule is COc1ccc(Cn2c(-c3ccc([N+](=O)[O-])cc3)nc(Cl)c2CC(=O)O)cc1C. The molecule has 0 spiro atoms. The summed E-state index contributed by atoms with van der Waals surface area (Å²) in [6.45, 7) is 2.25. The predicted molar refractivity (Wildman–Crippen MR) is 108 cm³/mol. The van der Waals surface area contributed by atoms with Gasteiger partial charge in [-0.05, 0) is 36.2 Å². The van der Waals surface area contributed by atoms with Gasteiger partial charge in [0.15, 0.2) is 5.15 Å². The van der Waals surface area contributed by atoms with Gasteiger partial charge in [0.25, 0.3) is 5.69 Å². The molecular weight excluding hydrogens is 398 g/mol. The van der Waals surface area contributed by atoms with E-state index in [4.69, 9.17) is 16.3 Å². The summed E-state index contributed by atoms with van der Waals surface area (Å²) in [6, 6.07) is 11.5. The Balaban J connectivity index is 2.08. The van der Waals surface area contributed by atoms with Crippen molar-refractivity contribution in [3.63, 3.8) is 0 Å². The van der Waals surface area contributed by atoms with Gasteiger partial charge in [0, 0.05) is 24.2 Å². The molecule has 3 aromatic rings. The highest BCUT2D eigenvalue weighted by atomic mass is 35.5. The number of carboxylic acids is 1. The highest BCUT2D eigenvalue weighted by Gasteiger charge is 2.20. The summed E-state index contributed by atoms with van der Waals surface area (Å²) in [4.78, 5) is 26.1. The molecule has 0 amide bonds. The van der Waals surface area contributed by atoms with Crippen molar-refractivity contribution in [1.82, 2.24) is 9.55 Å². The molecule has 0 unspecified atom stereocenters. The summed E-state index contributed by atoms with van der Waals surface area (Å²) >= 11 is 6.25. The van der Waals surface area contributed by atoms with Crippen molar-refractivity contribution in [3.8, 4) is 17.1 Å². The van der Waals surface area contributed by atoms with Gasteiger partial charge >= 0.3 is 5.97 Å². The number of hydrogen-bond acceptors (Lipinski definition) is 5. The van der Waals surface area contributed by atoms with Gasteiger partial charge in [0.05, 0.1) is 24.1 Å². The fraction of sp³-hybridized carbons (Fsp3) is 0.200. The maximum Gasteiger partial charge on any atom is 0.309 e. The number of hydrogen-bond donors (Lipinski definition) is 1. The number of nitro groups is 1. The van der Waals surface area contributed by atoms with Crippen molar-refractivity contribution in [2.45, 2.75) is 19.9 Å². The van der Waals surface area contributed by atoms with Crippen LogP contribution in [0.3, 0.4) is 0 Å². The van der Waals surface area contributed by atoms with Crippen molar-refractivity contribution < 1.29 is 19.6 Å². The van der Waals surface area contributed by atoms with E-state index in [2.05, 4.69) is 4.98 Å². The zero-order chi connectivity index (χ0) is 21.1. The molecule has 0 aliphatic rings. The van der Waals surface area contributed by atoms with E-state index in [9.17, 15) is 20.0 Å². The fourth-order valence-corrected chi connectivity index (χ4v) is 3.36. The maximum atomic E-state index is 11.3. The molecule has 0 radical (unpaired) electrons. The number of rotatable bonds is 7. The van der Waals surface area contributed by atoms with Crippen LogP contribution in [0, 0.1) is 17.0 Å². The van der Waals surface area contributed by atoms with E-state index in [1.807, 2.05) is 25.1 Å². The van der Waals surface area contributed by atoms with Crippen LogP contribution in [-0.4, -0.2) is 32.7 Å². The fourth-order valence-electron chi connectivity index (χ4n) is 3.11. The lowest BCUT2D eigenvalue weighted by Gasteiger charge is -2.13. The van der Waals surface area contributed by atoms with Crippen molar-refractivity contribution in [2.24, 2.45) is 0 Å². The number of carboxylic acid groups (broad SMARTS) is 1. The minimum Gasteiger partial charge on any atom is -0.496 e. The second-order valence-electron chi connectivity index (χ2n) is 6.44. The minimum absolute atomic E-state index is 0.0468. The Hall–Kier alpha value is -3.39. The lowest BCUT2D eigenvalue weighted by Crippen LogP contribution is -2.11. The number of ether oxygens (including phenoxy) is 1. The third kappa shape index (κ3) is 4.38. The molecule has 150 valence electrons.